The van der Waals surface area contributed by atoms with Crippen LogP contribution in [-0.4, -0.2) is 52.4 Å². The first kappa shape index (κ1) is 20.0. The van der Waals surface area contributed by atoms with Gasteiger partial charge in [-0.05, 0) is 31.2 Å². The normalized spacial score (nSPS) is 12.7. The number of hydrogen-bond acceptors (Lipinski definition) is 6. The molecule has 0 unspecified atom stereocenters. The van der Waals surface area contributed by atoms with Gasteiger partial charge in [0.05, 0.1) is 17.1 Å². The van der Waals surface area contributed by atoms with Gasteiger partial charge in [0.15, 0.2) is 6.10 Å². The molecule has 0 saturated heterocycles. The molecule has 134 valence electrons. The van der Waals surface area contributed by atoms with Crippen LogP contribution in [0.4, 0.5) is 8.78 Å². The van der Waals surface area contributed by atoms with Gasteiger partial charge >= 0.3 is 11.7 Å². The number of benzene rings is 1. The van der Waals surface area contributed by atoms with Gasteiger partial charge in [-0.1, -0.05) is 0 Å². The highest BCUT2D eigenvalue weighted by Gasteiger charge is 2.27. The summed E-state index contributed by atoms with van der Waals surface area (Å²) in [6.07, 6.45) is -1.08. The minimum absolute atomic E-state index is 0.0697. The average molecular weight is 365 g/mol. The van der Waals surface area contributed by atoms with E-state index in [9.17, 15) is 26.8 Å². The fourth-order valence-corrected chi connectivity index (χ4v) is 2.31. The molecule has 0 spiro atoms. The molecule has 0 aliphatic heterocycles. The molecule has 7 nitrogen and oxygen atoms in total. The van der Waals surface area contributed by atoms with Crippen molar-refractivity contribution in [3.05, 3.63) is 29.8 Å². The predicted molar refractivity (Wildman–Crippen MR) is 79.4 cm³/mol. The summed E-state index contributed by atoms with van der Waals surface area (Å²) in [5, 5.41) is 2.48. The summed E-state index contributed by atoms with van der Waals surface area (Å²) in [5.41, 5.74) is -0.0697. The number of carbonyl (C=O) groups excluding carboxylic acids is 2. The Labute approximate surface area is 137 Å². The van der Waals surface area contributed by atoms with Gasteiger partial charge in [0, 0.05) is 13.7 Å². The Bertz CT molecular complexity index is 675. The first-order valence-corrected chi connectivity index (χ1v) is 8.34. The Balaban J connectivity index is 2.71. The summed E-state index contributed by atoms with van der Waals surface area (Å²) < 4.78 is 57.0. The highest BCUT2D eigenvalue weighted by Crippen LogP contribution is 2.19. The quantitative estimate of drug-likeness (QED) is 0.545. The molecule has 0 aliphatic rings. The van der Waals surface area contributed by atoms with Crippen LogP contribution < -0.4 is 5.32 Å². The van der Waals surface area contributed by atoms with Crippen molar-refractivity contribution in [3.63, 3.8) is 0 Å². The molecule has 1 aromatic carbocycles. The second kappa shape index (κ2) is 8.69. The van der Waals surface area contributed by atoms with Gasteiger partial charge in [-0.3, -0.25) is 4.79 Å². The van der Waals surface area contributed by atoms with Crippen molar-refractivity contribution >= 4 is 21.7 Å². The molecular formula is C14H17F2NO6S. The molecule has 0 aliphatic carbocycles. The van der Waals surface area contributed by atoms with Crippen LogP contribution in [0.1, 0.15) is 17.3 Å². The van der Waals surface area contributed by atoms with Gasteiger partial charge in [0.25, 0.3) is 5.91 Å². The van der Waals surface area contributed by atoms with E-state index in [4.69, 9.17) is 9.47 Å². The number of halogens is 2. The van der Waals surface area contributed by atoms with Gasteiger partial charge in [-0.15, -0.1) is 0 Å². The number of methoxy groups -OCH3 is 1. The first-order valence-electron chi connectivity index (χ1n) is 6.80. The fraction of sp³-hybridized carbons (Fsp3) is 0.429. The summed E-state index contributed by atoms with van der Waals surface area (Å²) in [5.74, 6) is -4.96. The number of rotatable bonds is 8. The molecule has 24 heavy (non-hydrogen) atoms. The Kier molecular flexibility index (Phi) is 7.23. The maximum Gasteiger partial charge on any atom is 0.341 e. The Morgan fingerprint density at radius 1 is 1.21 bits per heavy atom. The van der Waals surface area contributed by atoms with E-state index >= 15 is 0 Å². The van der Waals surface area contributed by atoms with E-state index in [1.54, 1.807) is 0 Å². The van der Waals surface area contributed by atoms with Crippen LogP contribution in [0.3, 0.4) is 0 Å². The Morgan fingerprint density at radius 3 is 2.29 bits per heavy atom. The summed E-state index contributed by atoms with van der Waals surface area (Å²) >= 11 is 0. The molecule has 0 fully saturated rings. The highest BCUT2D eigenvalue weighted by atomic mass is 32.2. The Hall–Kier alpha value is -2.07. The van der Waals surface area contributed by atoms with E-state index in [1.807, 2.05) is 0 Å². The maximum absolute atomic E-state index is 12.4. The van der Waals surface area contributed by atoms with Crippen LogP contribution in [0, 0.1) is 0 Å². The lowest BCUT2D eigenvalue weighted by Gasteiger charge is -2.13. The van der Waals surface area contributed by atoms with Crippen LogP contribution in [0.25, 0.3) is 0 Å². The largest absolute Gasteiger partial charge is 0.449 e. The zero-order valence-corrected chi connectivity index (χ0v) is 13.8. The second-order valence-electron chi connectivity index (χ2n) is 4.66. The number of sulfone groups is 1. The van der Waals surface area contributed by atoms with Crippen molar-refractivity contribution in [1.29, 1.82) is 0 Å². The summed E-state index contributed by atoms with van der Waals surface area (Å²) in [4.78, 5) is 22.9. The molecule has 1 rings (SSSR count). The molecule has 1 atom stereocenters. The van der Waals surface area contributed by atoms with E-state index in [-0.39, 0.29) is 12.1 Å². The summed E-state index contributed by atoms with van der Waals surface area (Å²) in [7, 11) is -3.26. The molecule has 1 aromatic rings. The van der Waals surface area contributed by atoms with Crippen molar-refractivity contribution in [2.75, 3.05) is 20.3 Å². The van der Waals surface area contributed by atoms with Crippen molar-refractivity contribution in [2.24, 2.45) is 0 Å². The SMILES string of the molecule is COCCNC(=O)[C@H](C)OC(=O)c1ccc(S(=O)(=O)C(F)F)cc1. The van der Waals surface area contributed by atoms with Gasteiger partial charge in [0.1, 0.15) is 0 Å². The lowest BCUT2D eigenvalue weighted by molar-refractivity contribution is -0.129. The minimum Gasteiger partial charge on any atom is -0.449 e. The molecule has 1 N–H and O–H groups in total. The number of hydrogen-bond donors (Lipinski definition) is 1. The van der Waals surface area contributed by atoms with Gasteiger partial charge < -0.3 is 14.8 Å². The standard InChI is InChI=1S/C14H17F2NO6S/c1-9(12(18)17-7-8-22-2)23-13(19)10-3-5-11(6-4-10)24(20,21)14(15)16/h3-6,9,14H,7-8H2,1-2H3,(H,17,18)/t9-/m0/s1. The molecule has 1 amide bonds. The van der Waals surface area contributed by atoms with Gasteiger partial charge in [0.2, 0.25) is 9.84 Å². The van der Waals surface area contributed by atoms with Crippen molar-refractivity contribution in [2.45, 2.75) is 23.7 Å². The summed E-state index contributed by atoms with van der Waals surface area (Å²) in [6.45, 7) is 1.90. The Morgan fingerprint density at radius 2 is 1.79 bits per heavy atom. The zero-order chi connectivity index (χ0) is 18.3. The van der Waals surface area contributed by atoms with Crippen molar-refractivity contribution in [1.82, 2.24) is 5.32 Å². The fourth-order valence-electron chi connectivity index (χ4n) is 1.59. The second-order valence-corrected chi connectivity index (χ2v) is 6.58. The lowest BCUT2D eigenvalue weighted by atomic mass is 10.2. The molecule has 0 aromatic heterocycles. The van der Waals surface area contributed by atoms with Crippen LogP contribution in [0.2, 0.25) is 0 Å². The van der Waals surface area contributed by atoms with Crippen LogP contribution in [0.5, 0.6) is 0 Å². The number of esters is 1. The number of carbonyl (C=O) groups is 2. The minimum atomic E-state index is -4.73. The van der Waals surface area contributed by atoms with Crippen LogP contribution in [-0.2, 0) is 24.1 Å². The third kappa shape index (κ3) is 5.24. The first-order chi connectivity index (χ1) is 11.2. The average Bonchev–Trinajstić information content (AvgIpc) is 2.54. The van der Waals surface area contributed by atoms with Crippen LogP contribution in [0.15, 0.2) is 29.2 Å². The van der Waals surface area contributed by atoms with E-state index in [1.165, 1.54) is 14.0 Å². The van der Waals surface area contributed by atoms with E-state index < -0.39 is 38.5 Å². The van der Waals surface area contributed by atoms with Gasteiger partial charge in [-0.25, -0.2) is 13.2 Å². The number of amides is 1. The predicted octanol–water partition coefficient (Wildman–Crippen LogP) is 0.991. The molecule has 0 heterocycles. The van der Waals surface area contributed by atoms with Gasteiger partial charge in [-0.2, -0.15) is 8.78 Å². The van der Waals surface area contributed by atoms with E-state index in [0.29, 0.717) is 6.61 Å². The third-order valence-electron chi connectivity index (χ3n) is 2.91. The molecule has 0 saturated carbocycles. The molecule has 10 heteroatoms. The molecule has 0 radical (unpaired) electrons. The lowest BCUT2D eigenvalue weighted by Crippen LogP contribution is -2.37. The highest BCUT2D eigenvalue weighted by molar-refractivity contribution is 7.91. The molecule has 0 bridgehead atoms. The van der Waals surface area contributed by atoms with E-state index in [2.05, 4.69) is 5.32 Å². The van der Waals surface area contributed by atoms with E-state index in [0.717, 1.165) is 24.3 Å². The summed E-state index contributed by atoms with van der Waals surface area (Å²) in [6, 6.07) is 3.82. The smallest absolute Gasteiger partial charge is 0.341 e. The van der Waals surface area contributed by atoms with Crippen molar-refractivity contribution < 1.29 is 36.3 Å². The topological polar surface area (TPSA) is 98.8 Å². The van der Waals surface area contributed by atoms with Crippen molar-refractivity contribution in [3.8, 4) is 0 Å². The number of ether oxygens (including phenoxy) is 2. The maximum atomic E-state index is 12.4. The van der Waals surface area contributed by atoms with Crippen LogP contribution >= 0.6 is 0 Å². The number of nitrogens with one attached hydrogen (secondary N) is 1. The third-order valence-corrected chi connectivity index (χ3v) is 4.31. The number of alkyl halides is 2. The zero-order valence-electron chi connectivity index (χ0n) is 13.0. The molecular weight excluding hydrogens is 348 g/mol. The monoisotopic (exact) mass is 365 g/mol.